The number of benzene rings is 2. The van der Waals surface area contributed by atoms with Crippen LogP contribution >= 0.6 is 0 Å². The minimum atomic E-state index is -3.69. The molecular weight excluding hydrogens is 406 g/mol. The predicted molar refractivity (Wildman–Crippen MR) is 111 cm³/mol. The smallest absolute Gasteiger partial charge is 0.328 e. The Hall–Kier alpha value is -2.91. The molecule has 0 aromatic heterocycles. The van der Waals surface area contributed by atoms with Gasteiger partial charge in [-0.3, -0.25) is 15.0 Å². The first kappa shape index (κ1) is 20.4. The molecule has 1 aliphatic heterocycles. The lowest BCUT2D eigenvalue weighted by Gasteiger charge is -2.26. The van der Waals surface area contributed by atoms with Crippen LogP contribution in [0.15, 0.2) is 53.4 Å². The number of anilines is 1. The van der Waals surface area contributed by atoms with Crippen LogP contribution in [0, 0.1) is 5.92 Å². The van der Waals surface area contributed by atoms with Crippen molar-refractivity contribution in [1.82, 2.24) is 10.0 Å². The molecule has 1 saturated heterocycles. The summed E-state index contributed by atoms with van der Waals surface area (Å²) in [5, 5.41) is 2.27. The Bertz CT molecular complexity index is 1050. The van der Waals surface area contributed by atoms with Gasteiger partial charge >= 0.3 is 6.03 Å². The van der Waals surface area contributed by atoms with Crippen LogP contribution in [0.2, 0.25) is 0 Å². The highest BCUT2D eigenvalue weighted by Crippen LogP contribution is 2.30. The Morgan fingerprint density at radius 1 is 1.10 bits per heavy atom. The largest absolute Gasteiger partial charge is 0.493 e. The van der Waals surface area contributed by atoms with Crippen LogP contribution in [0.4, 0.5) is 10.5 Å². The van der Waals surface area contributed by atoms with Gasteiger partial charge in [0.15, 0.2) is 0 Å². The van der Waals surface area contributed by atoms with E-state index >= 15 is 0 Å². The highest BCUT2D eigenvalue weighted by atomic mass is 32.2. The highest BCUT2D eigenvalue weighted by molar-refractivity contribution is 7.89. The number of ether oxygens (including phenoxy) is 1. The molecule has 0 spiro atoms. The van der Waals surface area contributed by atoms with E-state index in [0.29, 0.717) is 30.5 Å². The first-order valence-corrected chi connectivity index (χ1v) is 11.3. The van der Waals surface area contributed by atoms with Crippen LogP contribution in [-0.2, 0) is 21.4 Å². The maximum atomic E-state index is 12.6. The van der Waals surface area contributed by atoms with Crippen molar-refractivity contribution in [3.8, 4) is 5.75 Å². The summed E-state index contributed by atoms with van der Waals surface area (Å²) in [6.45, 7) is 1.04. The van der Waals surface area contributed by atoms with Crippen molar-refractivity contribution in [2.45, 2.75) is 30.7 Å². The Balaban J connectivity index is 1.37. The van der Waals surface area contributed by atoms with E-state index in [2.05, 4.69) is 10.0 Å². The summed E-state index contributed by atoms with van der Waals surface area (Å²) in [4.78, 5) is 24.8. The zero-order chi connectivity index (χ0) is 21.1. The number of amides is 3. The third kappa shape index (κ3) is 4.98. The van der Waals surface area contributed by atoms with E-state index < -0.39 is 16.1 Å². The molecule has 2 aliphatic rings. The van der Waals surface area contributed by atoms with Crippen molar-refractivity contribution < 1.29 is 22.7 Å². The SMILES string of the molecule is O=C1CCN(c2ccc(CNS(=O)(=O)c3cccc(OCC4CC4)c3)cc2)C(=O)N1. The fourth-order valence-corrected chi connectivity index (χ4v) is 4.15. The monoisotopic (exact) mass is 429 g/mol. The van der Waals surface area contributed by atoms with Gasteiger partial charge in [0, 0.05) is 31.3 Å². The molecule has 2 fully saturated rings. The van der Waals surface area contributed by atoms with E-state index in [1.54, 1.807) is 36.4 Å². The van der Waals surface area contributed by atoms with E-state index in [1.165, 1.54) is 29.9 Å². The second-order valence-corrected chi connectivity index (χ2v) is 9.24. The van der Waals surface area contributed by atoms with Crippen molar-refractivity contribution in [3.05, 3.63) is 54.1 Å². The molecule has 0 atom stereocenters. The van der Waals surface area contributed by atoms with Gasteiger partial charge in [0.05, 0.1) is 11.5 Å². The average molecular weight is 429 g/mol. The van der Waals surface area contributed by atoms with Gasteiger partial charge in [0.2, 0.25) is 15.9 Å². The number of nitrogens with zero attached hydrogens (tertiary/aromatic N) is 1. The second-order valence-electron chi connectivity index (χ2n) is 7.48. The molecule has 2 aromatic rings. The first-order valence-electron chi connectivity index (χ1n) is 9.83. The number of imide groups is 1. The number of nitrogens with one attached hydrogen (secondary N) is 2. The summed E-state index contributed by atoms with van der Waals surface area (Å²) in [7, 11) is -3.69. The molecule has 8 nitrogen and oxygen atoms in total. The fraction of sp³-hybridized carbons (Fsp3) is 0.333. The summed E-state index contributed by atoms with van der Waals surface area (Å²) in [5.41, 5.74) is 1.39. The van der Waals surface area contributed by atoms with Crippen molar-refractivity contribution in [3.63, 3.8) is 0 Å². The number of hydrogen-bond donors (Lipinski definition) is 2. The van der Waals surface area contributed by atoms with Crippen LogP contribution in [-0.4, -0.2) is 33.5 Å². The molecule has 0 unspecified atom stereocenters. The number of hydrogen-bond acceptors (Lipinski definition) is 5. The van der Waals surface area contributed by atoms with Crippen LogP contribution in [0.1, 0.15) is 24.8 Å². The number of carbonyl (C=O) groups excluding carboxylic acids is 2. The van der Waals surface area contributed by atoms with Crippen molar-refractivity contribution in [2.75, 3.05) is 18.1 Å². The van der Waals surface area contributed by atoms with Gasteiger partial charge < -0.3 is 4.74 Å². The summed E-state index contributed by atoms with van der Waals surface area (Å²) in [6, 6.07) is 13.0. The van der Waals surface area contributed by atoms with E-state index in [4.69, 9.17) is 4.74 Å². The van der Waals surface area contributed by atoms with Gasteiger partial charge in [-0.05, 0) is 48.6 Å². The van der Waals surface area contributed by atoms with Gasteiger partial charge in [0.25, 0.3) is 0 Å². The highest BCUT2D eigenvalue weighted by Gasteiger charge is 2.24. The Morgan fingerprint density at radius 2 is 1.87 bits per heavy atom. The minimum Gasteiger partial charge on any atom is -0.493 e. The number of urea groups is 1. The number of rotatable bonds is 8. The van der Waals surface area contributed by atoms with Gasteiger partial charge in [-0.2, -0.15) is 0 Å². The lowest BCUT2D eigenvalue weighted by atomic mass is 10.2. The average Bonchev–Trinajstić information content (AvgIpc) is 3.56. The van der Waals surface area contributed by atoms with Crippen molar-refractivity contribution in [1.29, 1.82) is 0 Å². The van der Waals surface area contributed by atoms with Crippen molar-refractivity contribution >= 4 is 27.6 Å². The molecule has 1 aliphatic carbocycles. The predicted octanol–water partition coefficient (Wildman–Crippen LogP) is 2.40. The maximum Gasteiger partial charge on any atom is 0.328 e. The zero-order valence-corrected chi connectivity index (χ0v) is 17.2. The molecule has 3 amide bonds. The van der Waals surface area contributed by atoms with E-state index in [-0.39, 0.29) is 23.8 Å². The van der Waals surface area contributed by atoms with Gasteiger partial charge in [0.1, 0.15) is 5.75 Å². The topological polar surface area (TPSA) is 105 Å². The molecule has 158 valence electrons. The third-order valence-electron chi connectivity index (χ3n) is 5.07. The number of sulfonamides is 1. The van der Waals surface area contributed by atoms with Gasteiger partial charge in [-0.25, -0.2) is 17.9 Å². The lowest BCUT2D eigenvalue weighted by Crippen LogP contribution is -2.49. The minimum absolute atomic E-state index is 0.112. The van der Waals surface area contributed by atoms with E-state index in [1.807, 2.05) is 0 Å². The summed E-state index contributed by atoms with van der Waals surface area (Å²) in [5.74, 6) is 0.847. The molecule has 0 bridgehead atoms. The summed E-state index contributed by atoms with van der Waals surface area (Å²) in [6.07, 6.45) is 2.58. The molecule has 30 heavy (non-hydrogen) atoms. The Kier molecular flexibility index (Phi) is 5.74. The van der Waals surface area contributed by atoms with E-state index in [0.717, 1.165) is 5.56 Å². The maximum absolute atomic E-state index is 12.6. The molecule has 0 radical (unpaired) electrons. The molecule has 2 aromatic carbocycles. The summed E-state index contributed by atoms with van der Waals surface area (Å²) >= 11 is 0. The Morgan fingerprint density at radius 3 is 2.57 bits per heavy atom. The van der Waals surface area contributed by atoms with Crippen LogP contribution < -0.4 is 19.7 Å². The molecule has 2 N–H and O–H groups in total. The Labute approximate surface area is 175 Å². The molecule has 1 saturated carbocycles. The fourth-order valence-electron chi connectivity index (χ4n) is 3.10. The second kappa shape index (κ2) is 8.45. The first-order chi connectivity index (χ1) is 14.4. The quantitative estimate of drug-likeness (QED) is 0.671. The van der Waals surface area contributed by atoms with Gasteiger partial charge in [-0.1, -0.05) is 18.2 Å². The van der Waals surface area contributed by atoms with Crippen molar-refractivity contribution in [2.24, 2.45) is 5.92 Å². The van der Waals surface area contributed by atoms with Crippen LogP contribution in [0.25, 0.3) is 0 Å². The molecule has 9 heteroatoms. The van der Waals surface area contributed by atoms with E-state index in [9.17, 15) is 18.0 Å². The standard InChI is InChI=1S/C21H23N3O5S/c25-20-10-11-24(21(26)23-20)17-8-6-15(7-9-17)13-22-30(27,28)19-3-1-2-18(12-19)29-14-16-4-5-16/h1-3,6-9,12,16,22H,4-5,10-11,13-14H2,(H,23,25,26). The summed E-state index contributed by atoms with van der Waals surface area (Å²) < 4.78 is 33.5. The van der Waals surface area contributed by atoms with Gasteiger partial charge in [-0.15, -0.1) is 0 Å². The lowest BCUT2D eigenvalue weighted by molar-refractivity contribution is -0.120. The van der Waals surface area contributed by atoms with Crippen LogP contribution in [0.3, 0.4) is 0 Å². The zero-order valence-electron chi connectivity index (χ0n) is 16.3. The normalized spacial score (nSPS) is 17.0. The number of carbonyl (C=O) groups is 2. The third-order valence-corrected chi connectivity index (χ3v) is 6.47. The molecular formula is C21H23N3O5S. The van der Waals surface area contributed by atoms with Crippen LogP contribution in [0.5, 0.6) is 5.75 Å². The molecule has 4 rings (SSSR count). The molecule has 1 heterocycles.